The molecule has 7 heteroatoms. The minimum atomic E-state index is -0.443. The molecule has 1 fully saturated rings. The van der Waals surface area contributed by atoms with Gasteiger partial charge < -0.3 is 14.5 Å². The van der Waals surface area contributed by atoms with Gasteiger partial charge in [0.05, 0.1) is 20.2 Å². The largest absolute Gasteiger partial charge is 0.463 e. The van der Waals surface area contributed by atoms with Crippen molar-refractivity contribution in [3.8, 4) is 0 Å². The van der Waals surface area contributed by atoms with Gasteiger partial charge in [-0.2, -0.15) is 0 Å². The van der Waals surface area contributed by atoms with E-state index in [-0.39, 0.29) is 11.7 Å². The predicted molar refractivity (Wildman–Crippen MR) is 89.8 cm³/mol. The predicted octanol–water partition coefficient (Wildman–Crippen LogP) is 1.02. The molecule has 1 aromatic heterocycles. The Morgan fingerprint density at radius 3 is 2.54 bits per heavy atom. The quantitative estimate of drug-likeness (QED) is 0.749. The summed E-state index contributed by atoms with van der Waals surface area (Å²) in [6.07, 6.45) is 0.954. The van der Waals surface area contributed by atoms with E-state index < -0.39 is 5.97 Å². The van der Waals surface area contributed by atoms with E-state index in [0.717, 1.165) is 50.5 Å². The highest BCUT2D eigenvalue weighted by molar-refractivity contribution is 5.87. The minimum Gasteiger partial charge on any atom is -0.463 e. The number of carbonyl (C=O) groups excluding carboxylic acids is 2. The molecule has 0 unspecified atom stereocenters. The molecule has 1 aromatic rings. The molecule has 1 aliphatic heterocycles. The van der Waals surface area contributed by atoms with Crippen molar-refractivity contribution in [2.45, 2.75) is 26.8 Å². The molecular formula is C17H27N3O4. The molecule has 0 atom stereocenters. The molecule has 1 saturated heterocycles. The van der Waals surface area contributed by atoms with Gasteiger partial charge in [0.1, 0.15) is 5.76 Å². The maximum absolute atomic E-state index is 11.8. The van der Waals surface area contributed by atoms with Gasteiger partial charge in [-0.3, -0.25) is 14.6 Å². The van der Waals surface area contributed by atoms with E-state index in [1.807, 2.05) is 19.9 Å². The van der Waals surface area contributed by atoms with Crippen LogP contribution in [0.15, 0.2) is 10.5 Å². The highest BCUT2D eigenvalue weighted by atomic mass is 16.5. The zero-order chi connectivity index (χ0) is 17.5. The van der Waals surface area contributed by atoms with E-state index in [9.17, 15) is 9.59 Å². The Morgan fingerprint density at radius 1 is 1.25 bits per heavy atom. The number of amides is 1. The molecule has 0 spiro atoms. The number of aryl methyl sites for hydroxylation is 1. The third-order valence-corrected chi connectivity index (χ3v) is 4.12. The lowest BCUT2D eigenvalue weighted by molar-refractivity contribution is -0.122. The van der Waals surface area contributed by atoms with Crippen LogP contribution >= 0.6 is 0 Å². The van der Waals surface area contributed by atoms with E-state index in [2.05, 4.69) is 15.1 Å². The number of furan rings is 1. The number of hydrogen-bond donors (Lipinski definition) is 1. The Hall–Kier alpha value is -1.86. The Balaban J connectivity index is 1.79. The van der Waals surface area contributed by atoms with Gasteiger partial charge in [-0.05, 0) is 19.4 Å². The molecule has 1 aliphatic rings. The zero-order valence-corrected chi connectivity index (χ0v) is 14.8. The molecule has 0 saturated carbocycles. The van der Waals surface area contributed by atoms with Crippen molar-refractivity contribution in [1.82, 2.24) is 15.1 Å². The van der Waals surface area contributed by atoms with Gasteiger partial charge >= 0.3 is 5.97 Å². The number of esters is 1. The molecular weight excluding hydrogens is 310 g/mol. The van der Waals surface area contributed by atoms with Crippen LogP contribution in [0, 0.1) is 6.92 Å². The summed E-state index contributed by atoms with van der Waals surface area (Å²) < 4.78 is 10.3. The van der Waals surface area contributed by atoms with Crippen molar-refractivity contribution in [3.63, 3.8) is 0 Å². The Kier molecular flexibility index (Phi) is 6.81. The maximum Gasteiger partial charge on any atom is 0.374 e. The Bertz CT molecular complexity index is 562. The molecule has 1 amide bonds. The van der Waals surface area contributed by atoms with Gasteiger partial charge in [-0.25, -0.2) is 4.79 Å². The van der Waals surface area contributed by atoms with Gasteiger partial charge in [-0.1, -0.05) is 6.92 Å². The summed E-state index contributed by atoms with van der Waals surface area (Å²) in [6, 6.07) is 1.89. The number of nitrogens with one attached hydrogen (secondary N) is 1. The Morgan fingerprint density at radius 2 is 1.92 bits per heavy atom. The van der Waals surface area contributed by atoms with Gasteiger partial charge in [0, 0.05) is 38.3 Å². The van der Waals surface area contributed by atoms with Crippen LogP contribution in [0.5, 0.6) is 0 Å². The first-order valence-electron chi connectivity index (χ1n) is 8.42. The maximum atomic E-state index is 11.8. The smallest absolute Gasteiger partial charge is 0.374 e. The van der Waals surface area contributed by atoms with Crippen molar-refractivity contribution in [2.24, 2.45) is 0 Å². The minimum absolute atomic E-state index is 0.0923. The lowest BCUT2D eigenvalue weighted by atomic mass is 10.2. The van der Waals surface area contributed by atoms with E-state index in [0.29, 0.717) is 13.1 Å². The first-order chi connectivity index (χ1) is 11.5. The number of hydrogen-bond acceptors (Lipinski definition) is 6. The van der Waals surface area contributed by atoms with Crippen molar-refractivity contribution in [3.05, 3.63) is 23.2 Å². The van der Waals surface area contributed by atoms with Crippen LogP contribution in [0.1, 0.15) is 35.2 Å². The van der Waals surface area contributed by atoms with Crippen LogP contribution in [-0.2, 0) is 16.1 Å². The zero-order valence-electron chi connectivity index (χ0n) is 14.8. The fourth-order valence-electron chi connectivity index (χ4n) is 2.77. The molecule has 24 heavy (non-hydrogen) atoms. The van der Waals surface area contributed by atoms with E-state index in [4.69, 9.17) is 9.15 Å². The fourth-order valence-corrected chi connectivity index (χ4v) is 2.77. The molecule has 0 radical (unpaired) electrons. The highest BCUT2D eigenvalue weighted by Gasteiger charge is 2.21. The van der Waals surface area contributed by atoms with Crippen LogP contribution in [0.25, 0.3) is 0 Å². The lowest BCUT2D eigenvalue weighted by Crippen LogP contribution is -2.49. The molecule has 0 aliphatic carbocycles. The molecule has 7 nitrogen and oxygen atoms in total. The topological polar surface area (TPSA) is 75.0 Å². The third kappa shape index (κ3) is 5.07. The van der Waals surface area contributed by atoms with Crippen LogP contribution in [-0.4, -0.2) is 68.1 Å². The average molecular weight is 337 g/mol. The first-order valence-corrected chi connectivity index (χ1v) is 8.42. The summed E-state index contributed by atoms with van der Waals surface area (Å²) in [6.45, 7) is 9.18. The monoisotopic (exact) mass is 337 g/mol. The lowest BCUT2D eigenvalue weighted by Gasteiger charge is -2.33. The molecule has 1 N–H and O–H groups in total. The summed E-state index contributed by atoms with van der Waals surface area (Å²) >= 11 is 0. The van der Waals surface area contributed by atoms with Gasteiger partial charge in [0.2, 0.25) is 11.7 Å². The molecule has 0 bridgehead atoms. The van der Waals surface area contributed by atoms with E-state index >= 15 is 0 Å². The van der Waals surface area contributed by atoms with Crippen LogP contribution in [0.3, 0.4) is 0 Å². The first kappa shape index (κ1) is 18.5. The van der Waals surface area contributed by atoms with Crippen LogP contribution < -0.4 is 5.32 Å². The third-order valence-electron chi connectivity index (χ3n) is 4.12. The number of piperazine rings is 1. The summed E-state index contributed by atoms with van der Waals surface area (Å²) in [7, 11) is 1.35. The van der Waals surface area contributed by atoms with Crippen LogP contribution in [0.2, 0.25) is 0 Å². The van der Waals surface area contributed by atoms with Gasteiger partial charge in [-0.15, -0.1) is 0 Å². The number of rotatable bonds is 7. The summed E-state index contributed by atoms with van der Waals surface area (Å²) in [5, 5.41) is 2.90. The second-order valence-corrected chi connectivity index (χ2v) is 6.12. The number of carbonyl (C=O) groups is 2. The number of ether oxygens (including phenoxy) is 1. The summed E-state index contributed by atoms with van der Waals surface area (Å²) in [4.78, 5) is 27.8. The average Bonchev–Trinajstić information content (AvgIpc) is 2.94. The Labute approximate surface area is 142 Å². The van der Waals surface area contributed by atoms with Crippen molar-refractivity contribution < 1.29 is 18.7 Å². The number of methoxy groups -OCH3 is 1. The van der Waals surface area contributed by atoms with Crippen molar-refractivity contribution >= 4 is 11.9 Å². The molecule has 2 heterocycles. The summed E-state index contributed by atoms with van der Waals surface area (Å²) in [5.74, 6) is 0.692. The standard InChI is InChI=1S/C17H27N3O4/c1-4-5-18-15(21)12-20-8-6-19(7-9-20)11-14-10-13(2)16(24-14)17(22)23-3/h10H,4-9,11-12H2,1-3H3,(H,18,21). The van der Waals surface area contributed by atoms with E-state index in [1.165, 1.54) is 7.11 Å². The molecule has 2 rings (SSSR count). The highest BCUT2D eigenvalue weighted by Crippen LogP contribution is 2.18. The van der Waals surface area contributed by atoms with Gasteiger partial charge in [0.25, 0.3) is 0 Å². The van der Waals surface area contributed by atoms with Crippen molar-refractivity contribution in [1.29, 1.82) is 0 Å². The molecule has 0 aromatic carbocycles. The fraction of sp³-hybridized carbons (Fsp3) is 0.647. The summed E-state index contributed by atoms with van der Waals surface area (Å²) in [5.41, 5.74) is 0.795. The second-order valence-electron chi connectivity index (χ2n) is 6.12. The number of nitrogens with zero attached hydrogens (tertiary/aromatic N) is 2. The van der Waals surface area contributed by atoms with Gasteiger partial charge in [0.15, 0.2) is 0 Å². The molecule has 134 valence electrons. The van der Waals surface area contributed by atoms with Crippen LogP contribution in [0.4, 0.5) is 0 Å². The normalized spacial score (nSPS) is 16.1. The van der Waals surface area contributed by atoms with Crippen molar-refractivity contribution in [2.75, 3.05) is 46.4 Å². The van der Waals surface area contributed by atoms with E-state index in [1.54, 1.807) is 0 Å². The second kappa shape index (κ2) is 8.84. The SMILES string of the molecule is CCCNC(=O)CN1CCN(Cc2cc(C)c(C(=O)OC)o2)CC1.